The first kappa shape index (κ1) is 94.7. The van der Waals surface area contributed by atoms with Gasteiger partial charge in [0.15, 0.2) is 0 Å². The van der Waals surface area contributed by atoms with Crippen LogP contribution in [0.3, 0.4) is 0 Å². The second-order valence-electron chi connectivity index (χ2n) is 36.4. The highest BCUT2D eigenvalue weighted by Crippen LogP contribution is 2.42. The molecule has 11 rings (SSSR count). The third-order valence-corrected chi connectivity index (χ3v) is 22.8. The van der Waals surface area contributed by atoms with Crippen LogP contribution in [0, 0.1) is 27.7 Å². The van der Waals surface area contributed by atoms with Crippen LogP contribution in [-0.2, 0) is 23.9 Å². The number of pyridine rings is 4. The van der Waals surface area contributed by atoms with Gasteiger partial charge in [-0.05, 0) is 293 Å². The molecule has 0 atom stereocenters. The number of piperidine rings is 4. The third-order valence-electron chi connectivity index (χ3n) is 22.8. The highest BCUT2D eigenvalue weighted by molar-refractivity contribution is 5.96. The van der Waals surface area contributed by atoms with Crippen molar-refractivity contribution in [1.29, 1.82) is 0 Å². The number of unbranched alkanes of at least 4 members (excludes halogenated alkanes) is 5. The Kier molecular flexibility index (Phi) is 37.2. The molecular weight excluding hydrogens is 1360 g/mol. The summed E-state index contributed by atoms with van der Waals surface area (Å²) in [6.45, 7) is 48.4. The number of carbonyl (C=O) groups is 2. The molecule has 9 heterocycles. The van der Waals surface area contributed by atoms with Gasteiger partial charge in [-0.1, -0.05) is 68.7 Å². The number of hydrogen-bond acceptors (Lipinski definition) is 17. The lowest BCUT2D eigenvalue weighted by Gasteiger charge is -2.53. The number of fused-ring (bicyclic) bond motifs is 1. The first-order chi connectivity index (χ1) is 50.7. The SMILES string of the molecule is C=C1CCCN1C.CN1C(C)(C)CC(O)CC1(C)C.CN1C(C)(C)CC(OC(=O)CCCCCCCCC(=O)OC2CC(C)(C)N(C)C(C)(C)C2)CC1(C)C.CON1C(C)(C)CC(O)CC1(C)C.Cc1cccc2cccc(N(C)C)c12.Cc1ccnc(-c2cc(C)ccn2)c1.Cc1ccncc1.c1ccncc1. The van der Waals surface area contributed by atoms with Crippen LogP contribution in [0.25, 0.3) is 22.2 Å². The Bertz CT molecular complexity index is 3460. The molecule has 0 aliphatic carbocycles. The summed E-state index contributed by atoms with van der Waals surface area (Å²) in [5.74, 6) is -0.113. The highest BCUT2D eigenvalue weighted by atomic mass is 16.7. The minimum absolute atomic E-state index is 0.00474. The zero-order chi connectivity index (χ0) is 81.9. The maximum absolute atomic E-state index is 12.4. The molecule has 608 valence electrons. The van der Waals surface area contributed by atoms with E-state index in [1.807, 2.05) is 79.0 Å². The molecule has 17 nitrogen and oxygen atoms in total. The molecule has 5 saturated heterocycles. The molecule has 109 heavy (non-hydrogen) atoms. The van der Waals surface area contributed by atoms with Crippen LogP contribution in [0.5, 0.6) is 0 Å². The van der Waals surface area contributed by atoms with E-state index in [0.717, 1.165) is 101 Å². The maximum Gasteiger partial charge on any atom is 0.306 e. The van der Waals surface area contributed by atoms with Crippen LogP contribution in [0.2, 0.25) is 0 Å². The zero-order valence-corrected chi connectivity index (χ0v) is 73.0. The van der Waals surface area contributed by atoms with Crippen molar-refractivity contribution in [2.75, 3.05) is 60.8 Å². The van der Waals surface area contributed by atoms with Crippen LogP contribution < -0.4 is 4.90 Å². The van der Waals surface area contributed by atoms with Crippen molar-refractivity contribution in [2.24, 2.45) is 0 Å². The number of aliphatic hydroxyl groups excluding tert-OH is 2. The molecule has 0 amide bonds. The first-order valence-electron chi connectivity index (χ1n) is 40.1. The fourth-order valence-corrected chi connectivity index (χ4v) is 16.3. The average molecular weight is 1510 g/mol. The molecule has 0 radical (unpaired) electrons. The molecule has 2 N–H and O–H groups in total. The summed E-state index contributed by atoms with van der Waals surface area (Å²) in [5, 5.41) is 24.1. The minimum atomic E-state index is -0.212. The number of likely N-dealkylation sites (tertiary alicyclic amines) is 4. The van der Waals surface area contributed by atoms with Crippen LogP contribution in [0.1, 0.15) is 249 Å². The topological polar surface area (TPSA) is 173 Å². The van der Waals surface area contributed by atoms with Gasteiger partial charge in [-0.3, -0.25) is 44.2 Å². The molecule has 5 aliphatic heterocycles. The van der Waals surface area contributed by atoms with Gasteiger partial charge in [-0.25, -0.2) is 0 Å². The van der Waals surface area contributed by atoms with Crippen LogP contribution >= 0.6 is 0 Å². The predicted molar refractivity (Wildman–Crippen MR) is 455 cm³/mol. The van der Waals surface area contributed by atoms with E-state index >= 15 is 0 Å². The summed E-state index contributed by atoms with van der Waals surface area (Å²) in [5.41, 5.74) is 9.66. The monoisotopic (exact) mass is 1510 g/mol. The number of aryl methyl sites for hydroxylation is 4. The van der Waals surface area contributed by atoms with Gasteiger partial charge in [-0.15, -0.1) is 0 Å². The molecule has 6 aromatic rings. The maximum atomic E-state index is 12.4. The number of allylic oxidation sites excluding steroid dienone is 1. The van der Waals surface area contributed by atoms with E-state index in [9.17, 15) is 19.8 Å². The van der Waals surface area contributed by atoms with Crippen molar-refractivity contribution in [3.8, 4) is 11.4 Å². The Morgan fingerprint density at radius 1 is 0.477 bits per heavy atom. The number of benzene rings is 2. The molecule has 0 bridgehead atoms. The van der Waals surface area contributed by atoms with Crippen molar-refractivity contribution in [2.45, 2.75) is 323 Å². The number of ether oxygens (including phenoxy) is 2. The van der Waals surface area contributed by atoms with E-state index < -0.39 is 0 Å². The van der Waals surface area contributed by atoms with E-state index in [4.69, 9.17) is 14.3 Å². The normalized spacial score (nSPS) is 19.9. The highest BCUT2D eigenvalue weighted by Gasteiger charge is 2.48. The number of nitrogens with zero attached hydrogens (tertiary/aromatic N) is 10. The first-order valence-corrected chi connectivity index (χ1v) is 40.1. The lowest BCUT2D eigenvalue weighted by molar-refractivity contribution is -0.276. The predicted octanol–water partition coefficient (Wildman–Crippen LogP) is 19.4. The van der Waals surface area contributed by atoms with E-state index in [0.29, 0.717) is 12.8 Å². The van der Waals surface area contributed by atoms with Gasteiger partial charge in [0.2, 0.25) is 0 Å². The quantitative estimate of drug-likeness (QED) is 0.0778. The van der Waals surface area contributed by atoms with Crippen molar-refractivity contribution in [1.82, 2.24) is 44.6 Å². The van der Waals surface area contributed by atoms with E-state index in [2.05, 4.69) is 261 Å². The number of anilines is 1. The largest absolute Gasteiger partial charge is 0.462 e. The Hall–Kier alpha value is -6.70. The number of aliphatic hydroxyl groups is 2. The number of aromatic nitrogens is 4. The summed E-state index contributed by atoms with van der Waals surface area (Å²) in [4.78, 5) is 57.9. The van der Waals surface area contributed by atoms with Crippen LogP contribution in [0.4, 0.5) is 5.69 Å². The summed E-state index contributed by atoms with van der Waals surface area (Å²) in [6, 6.07) is 30.6. The van der Waals surface area contributed by atoms with Crippen LogP contribution in [-0.4, -0.2) is 191 Å². The second kappa shape index (κ2) is 42.8. The summed E-state index contributed by atoms with van der Waals surface area (Å²) in [7, 11) is 14.4. The Labute approximate surface area is 661 Å². The van der Waals surface area contributed by atoms with Gasteiger partial charge in [0.1, 0.15) is 12.2 Å². The van der Waals surface area contributed by atoms with Crippen molar-refractivity contribution in [3.63, 3.8) is 0 Å². The number of hydrogen-bond donors (Lipinski definition) is 2. The fraction of sp³-hybridized carbons (Fsp3) is 0.630. The molecule has 0 unspecified atom stereocenters. The third kappa shape index (κ3) is 31.4. The smallest absolute Gasteiger partial charge is 0.306 e. The number of carbonyl (C=O) groups excluding carboxylic acids is 2. The molecule has 17 heteroatoms. The minimum Gasteiger partial charge on any atom is -0.462 e. The Morgan fingerprint density at radius 2 is 0.844 bits per heavy atom. The number of rotatable bonds is 14. The lowest BCUT2D eigenvalue weighted by Crippen LogP contribution is -2.61. The number of esters is 2. The standard InChI is InChI=1S/C30H56N2O4.C13H15N.C12H12N2.C10H21NO2.C10H21NO.C6H11N.C6H7N.C5H5N/c1-27(2)19-23(20-28(3,4)31(27)9)35-25(33)17-15-13-11-12-14-16-18-26(34)36-24-21-29(5,6)32(10)30(7,8)22-24;1-10-6-4-7-11-8-5-9-12(13(10)11)14(2)3;1-9-3-5-13-11(7-9)12-8-10(2)4-6-14-12;1-9(2)6-8(12)7-10(3,4)11(9)13-5;1-9(2)6-8(12)7-10(3,4)11(9)5;1-6-4-3-5-7(6)2;1-6-2-4-7-5-3-6;1-2-4-6-5-3-1/h23-24H,11-22H2,1-10H3;4-9H,1-3H3;3-8H,1-2H3;8,12H,6-7H2,1-5H3;8,12H,6-7H2,1-5H3;1,3-5H2,2H3;2-5H,1H3;1-5H. The molecule has 5 aliphatic rings. The van der Waals surface area contributed by atoms with Gasteiger partial charge in [0.25, 0.3) is 0 Å². The van der Waals surface area contributed by atoms with Crippen molar-refractivity contribution in [3.05, 3.63) is 163 Å². The van der Waals surface area contributed by atoms with E-state index in [-0.39, 0.29) is 80.7 Å². The zero-order valence-electron chi connectivity index (χ0n) is 73.0. The number of hydroxylamine groups is 2. The molecule has 0 spiro atoms. The molecule has 2 aromatic carbocycles. The lowest BCUT2D eigenvalue weighted by atomic mass is 9.78. The van der Waals surface area contributed by atoms with Gasteiger partial charge in [-0.2, -0.15) is 5.06 Å². The summed E-state index contributed by atoms with van der Waals surface area (Å²) < 4.78 is 11.7. The molecular formula is C92H148N10O7. The Morgan fingerprint density at radius 3 is 1.16 bits per heavy atom. The van der Waals surface area contributed by atoms with Gasteiger partial charge < -0.3 is 34.3 Å². The Balaban J connectivity index is 0.000000286. The summed E-state index contributed by atoms with van der Waals surface area (Å²) in [6.07, 6.45) is 26.7. The van der Waals surface area contributed by atoms with Crippen molar-refractivity contribution < 1.29 is 34.1 Å². The van der Waals surface area contributed by atoms with Crippen LogP contribution in [0.15, 0.2) is 140 Å². The molecule has 4 aromatic heterocycles. The van der Waals surface area contributed by atoms with E-state index in [1.54, 1.807) is 31.9 Å². The fourth-order valence-electron chi connectivity index (χ4n) is 16.3. The van der Waals surface area contributed by atoms with Gasteiger partial charge in [0, 0.05) is 164 Å². The average Bonchev–Trinajstić information content (AvgIpc) is 1.13. The molecule has 0 saturated carbocycles. The van der Waals surface area contributed by atoms with Gasteiger partial charge >= 0.3 is 11.9 Å². The van der Waals surface area contributed by atoms with Crippen molar-refractivity contribution >= 4 is 28.4 Å². The van der Waals surface area contributed by atoms with E-state index in [1.165, 1.54) is 63.8 Å². The molecule has 5 fully saturated rings. The summed E-state index contributed by atoms with van der Waals surface area (Å²) >= 11 is 0. The second-order valence-corrected chi connectivity index (χ2v) is 36.4. The van der Waals surface area contributed by atoms with Gasteiger partial charge in [0.05, 0.1) is 30.7 Å².